The third-order valence-electron chi connectivity index (χ3n) is 5.92. The van der Waals surface area contributed by atoms with Gasteiger partial charge in [-0.25, -0.2) is 23.1 Å². The van der Waals surface area contributed by atoms with Gasteiger partial charge in [0.15, 0.2) is 11.6 Å². The number of ketones is 1. The number of rotatable bonds is 5. The number of hydrogen-bond donors (Lipinski definition) is 0. The van der Waals surface area contributed by atoms with Crippen LogP contribution in [0.15, 0.2) is 30.6 Å². The summed E-state index contributed by atoms with van der Waals surface area (Å²) in [5.41, 5.74) is -0.778. The van der Waals surface area contributed by atoms with Crippen LogP contribution in [0.1, 0.15) is 67.7 Å². The molecule has 0 atom stereocenters. The number of benzene rings is 2. The quantitative estimate of drug-likeness (QED) is 0.412. The number of methoxy groups -OCH3 is 1. The van der Waals surface area contributed by atoms with Gasteiger partial charge in [-0.3, -0.25) is 14.5 Å². The standard InChI is InChI=1S/C26H24F3N3O3/c1-12(2)23-26(24(13(3)4)31-11-30-23)32-19(34)10-17(33)14-9-16(28)21(22(29)25(14)32)20-15(27)7-6-8-18(20)35-5/h6-9,11-13H,10H2,1-5H3. The summed E-state index contributed by atoms with van der Waals surface area (Å²) < 4.78 is 51.6. The van der Waals surface area contributed by atoms with Gasteiger partial charge in [-0.15, -0.1) is 0 Å². The van der Waals surface area contributed by atoms with E-state index in [0.717, 1.165) is 17.0 Å². The molecule has 1 aliphatic rings. The number of anilines is 2. The van der Waals surface area contributed by atoms with Gasteiger partial charge in [0.05, 0.1) is 47.4 Å². The maximum absolute atomic E-state index is 16.3. The lowest BCUT2D eigenvalue weighted by atomic mass is 9.91. The van der Waals surface area contributed by atoms with E-state index < -0.39 is 52.4 Å². The minimum absolute atomic E-state index is 0.100. The van der Waals surface area contributed by atoms with Crippen molar-refractivity contribution in [3.8, 4) is 16.9 Å². The molecular formula is C26H24F3N3O3. The molecular weight excluding hydrogens is 459 g/mol. The molecule has 0 saturated heterocycles. The average Bonchev–Trinajstić information content (AvgIpc) is 2.80. The first-order valence-electron chi connectivity index (χ1n) is 11.1. The number of ether oxygens (including phenoxy) is 1. The van der Waals surface area contributed by atoms with Crippen LogP contribution in [-0.2, 0) is 4.79 Å². The summed E-state index contributed by atoms with van der Waals surface area (Å²) in [7, 11) is 1.25. The van der Waals surface area contributed by atoms with Gasteiger partial charge in [-0.1, -0.05) is 33.8 Å². The first-order chi connectivity index (χ1) is 16.6. The molecule has 0 unspecified atom stereocenters. The monoisotopic (exact) mass is 483 g/mol. The van der Waals surface area contributed by atoms with Crippen LogP contribution in [0.4, 0.5) is 24.5 Å². The van der Waals surface area contributed by atoms with E-state index >= 15 is 8.78 Å². The summed E-state index contributed by atoms with van der Waals surface area (Å²) in [6, 6.07) is 4.60. The highest BCUT2D eigenvalue weighted by Crippen LogP contribution is 2.46. The molecule has 0 N–H and O–H groups in total. The smallest absolute Gasteiger partial charge is 0.239 e. The second kappa shape index (κ2) is 9.13. The molecule has 3 aromatic rings. The van der Waals surface area contributed by atoms with E-state index in [-0.39, 0.29) is 28.8 Å². The molecule has 0 aliphatic carbocycles. The molecule has 6 nitrogen and oxygen atoms in total. The number of hydrogen-bond acceptors (Lipinski definition) is 5. The number of nitrogens with zero attached hydrogens (tertiary/aromatic N) is 3. The second-order valence-corrected chi connectivity index (χ2v) is 8.89. The Balaban J connectivity index is 2.13. The lowest BCUT2D eigenvalue weighted by Gasteiger charge is -2.33. The Kier molecular flexibility index (Phi) is 6.36. The summed E-state index contributed by atoms with van der Waals surface area (Å²) >= 11 is 0. The highest BCUT2D eigenvalue weighted by molar-refractivity contribution is 6.23. The first-order valence-corrected chi connectivity index (χ1v) is 11.1. The summed E-state index contributed by atoms with van der Waals surface area (Å²) in [4.78, 5) is 35.7. The predicted octanol–water partition coefficient (Wildman–Crippen LogP) is 6.07. The van der Waals surface area contributed by atoms with Crippen LogP contribution in [0.5, 0.6) is 5.75 Å². The van der Waals surface area contributed by atoms with Gasteiger partial charge in [0, 0.05) is 5.56 Å². The van der Waals surface area contributed by atoms with Crippen molar-refractivity contribution in [3.05, 3.63) is 65.0 Å². The zero-order valence-corrected chi connectivity index (χ0v) is 19.9. The fraction of sp³-hybridized carbons (Fsp3) is 0.308. The van der Waals surface area contributed by atoms with E-state index in [0.29, 0.717) is 11.4 Å². The van der Waals surface area contributed by atoms with Crippen LogP contribution in [0, 0.1) is 17.5 Å². The Morgan fingerprint density at radius 2 is 1.54 bits per heavy atom. The number of aromatic nitrogens is 2. The molecule has 1 amide bonds. The molecule has 1 aliphatic heterocycles. The van der Waals surface area contributed by atoms with Crippen molar-refractivity contribution in [3.63, 3.8) is 0 Å². The molecule has 35 heavy (non-hydrogen) atoms. The highest BCUT2D eigenvalue weighted by Gasteiger charge is 2.40. The molecule has 4 rings (SSSR count). The lowest BCUT2D eigenvalue weighted by molar-refractivity contribution is -0.117. The van der Waals surface area contributed by atoms with Gasteiger partial charge in [0.25, 0.3) is 0 Å². The van der Waals surface area contributed by atoms with Crippen LogP contribution >= 0.6 is 0 Å². The third-order valence-corrected chi connectivity index (χ3v) is 5.92. The predicted molar refractivity (Wildman–Crippen MR) is 125 cm³/mol. The van der Waals surface area contributed by atoms with E-state index in [1.165, 1.54) is 25.6 Å². The largest absolute Gasteiger partial charge is 0.496 e. The van der Waals surface area contributed by atoms with Crippen LogP contribution in [0.25, 0.3) is 11.1 Å². The van der Waals surface area contributed by atoms with Crippen LogP contribution in [0.3, 0.4) is 0 Å². The molecule has 9 heteroatoms. The van der Waals surface area contributed by atoms with Crippen LogP contribution < -0.4 is 9.64 Å². The topological polar surface area (TPSA) is 72.4 Å². The van der Waals surface area contributed by atoms with Crippen molar-refractivity contribution >= 4 is 23.1 Å². The van der Waals surface area contributed by atoms with Gasteiger partial charge in [0.1, 0.15) is 23.7 Å². The van der Waals surface area contributed by atoms with Crippen LogP contribution in [-0.4, -0.2) is 28.8 Å². The third kappa shape index (κ3) is 3.94. The van der Waals surface area contributed by atoms with E-state index in [9.17, 15) is 14.0 Å². The van der Waals surface area contributed by atoms with Gasteiger partial charge in [-0.05, 0) is 30.0 Å². The molecule has 2 heterocycles. The zero-order chi connectivity index (χ0) is 25.6. The van der Waals surface area contributed by atoms with Crippen molar-refractivity contribution in [2.24, 2.45) is 0 Å². The number of carbonyl (C=O) groups is 2. The van der Waals surface area contributed by atoms with Crippen molar-refractivity contribution in [2.45, 2.75) is 46.0 Å². The molecule has 0 fully saturated rings. The summed E-state index contributed by atoms with van der Waals surface area (Å²) in [6.45, 7) is 7.42. The van der Waals surface area contributed by atoms with Crippen molar-refractivity contribution in [2.75, 3.05) is 12.0 Å². The SMILES string of the molecule is COc1cccc(F)c1-c1c(F)cc2c(c1F)N(c1c(C(C)C)ncnc1C(C)C)C(=O)CC2=O. The minimum Gasteiger partial charge on any atom is -0.496 e. The first kappa shape index (κ1) is 24.4. The summed E-state index contributed by atoms with van der Waals surface area (Å²) in [5.74, 6) is -5.24. The molecule has 0 radical (unpaired) electrons. The van der Waals surface area contributed by atoms with Crippen LogP contribution in [0.2, 0.25) is 0 Å². The average molecular weight is 483 g/mol. The van der Waals surface area contributed by atoms with E-state index in [1.54, 1.807) is 0 Å². The number of halogens is 3. The molecule has 0 saturated carbocycles. The Hall–Kier alpha value is -3.75. The number of amides is 1. The normalized spacial score (nSPS) is 13.6. The highest BCUT2D eigenvalue weighted by atomic mass is 19.1. The molecule has 0 spiro atoms. The number of carbonyl (C=O) groups excluding carboxylic acids is 2. The molecule has 2 aromatic carbocycles. The van der Waals surface area contributed by atoms with E-state index in [1.807, 2.05) is 27.7 Å². The van der Waals surface area contributed by atoms with Crippen molar-refractivity contribution in [1.29, 1.82) is 0 Å². The van der Waals surface area contributed by atoms with E-state index in [4.69, 9.17) is 4.74 Å². The molecule has 182 valence electrons. The fourth-order valence-electron chi connectivity index (χ4n) is 4.34. The number of Topliss-reactive ketones (excluding diaryl/α,β-unsaturated/α-hetero) is 1. The summed E-state index contributed by atoms with van der Waals surface area (Å²) in [5, 5.41) is 0. The Morgan fingerprint density at radius 1 is 0.914 bits per heavy atom. The van der Waals surface area contributed by atoms with Gasteiger partial charge < -0.3 is 4.74 Å². The second-order valence-electron chi connectivity index (χ2n) is 8.89. The Bertz CT molecular complexity index is 1330. The van der Waals surface area contributed by atoms with Crippen molar-refractivity contribution < 1.29 is 27.5 Å². The fourth-order valence-corrected chi connectivity index (χ4v) is 4.34. The maximum Gasteiger partial charge on any atom is 0.239 e. The van der Waals surface area contributed by atoms with Crippen molar-refractivity contribution in [1.82, 2.24) is 9.97 Å². The zero-order valence-electron chi connectivity index (χ0n) is 19.9. The lowest BCUT2D eigenvalue weighted by Crippen LogP contribution is -2.37. The Labute approximate surface area is 200 Å². The number of fused-ring (bicyclic) bond motifs is 1. The van der Waals surface area contributed by atoms with Gasteiger partial charge >= 0.3 is 0 Å². The molecule has 0 bridgehead atoms. The minimum atomic E-state index is -1.25. The summed E-state index contributed by atoms with van der Waals surface area (Å²) in [6.07, 6.45) is 0.781. The Morgan fingerprint density at radius 3 is 2.11 bits per heavy atom. The molecule has 1 aromatic heterocycles. The van der Waals surface area contributed by atoms with Gasteiger partial charge in [-0.2, -0.15) is 0 Å². The maximum atomic E-state index is 16.3. The van der Waals surface area contributed by atoms with Gasteiger partial charge in [0.2, 0.25) is 5.91 Å². The van der Waals surface area contributed by atoms with E-state index in [2.05, 4.69) is 9.97 Å².